The van der Waals surface area contributed by atoms with E-state index < -0.39 is 0 Å². The molecule has 0 radical (unpaired) electrons. The van der Waals surface area contributed by atoms with Crippen LogP contribution in [0.1, 0.15) is 20.3 Å². The molecule has 1 saturated heterocycles. The van der Waals surface area contributed by atoms with Crippen molar-refractivity contribution < 1.29 is 4.79 Å². The molecule has 0 aromatic carbocycles. The second-order valence-corrected chi connectivity index (χ2v) is 4.06. The second-order valence-electron chi connectivity index (χ2n) is 3.41. The van der Waals surface area contributed by atoms with Gasteiger partial charge in [-0.2, -0.15) is 0 Å². The zero-order valence-electron chi connectivity index (χ0n) is 6.28. The van der Waals surface area contributed by atoms with Crippen molar-refractivity contribution in [3.05, 3.63) is 0 Å². The first-order valence-corrected chi connectivity index (χ1v) is 4.55. The average Bonchev–Trinajstić information content (AvgIpc) is 2.08. The fourth-order valence-electron chi connectivity index (χ4n) is 1.23. The first-order valence-electron chi connectivity index (χ1n) is 3.43. The molecule has 0 aromatic rings. The van der Waals surface area contributed by atoms with Gasteiger partial charge in [0.25, 0.3) is 0 Å². The van der Waals surface area contributed by atoms with Crippen molar-refractivity contribution >= 4 is 21.8 Å². The zero-order valence-corrected chi connectivity index (χ0v) is 7.86. The van der Waals surface area contributed by atoms with Crippen molar-refractivity contribution in [3.8, 4) is 0 Å². The molecule has 0 unspecified atom stereocenters. The lowest BCUT2D eigenvalue weighted by Gasteiger charge is -2.11. The maximum Gasteiger partial charge on any atom is 0.225 e. The van der Waals surface area contributed by atoms with Crippen LogP contribution in [0.25, 0.3) is 0 Å². The summed E-state index contributed by atoms with van der Waals surface area (Å²) in [6.07, 6.45) is 0.942. The maximum absolute atomic E-state index is 11.1. The highest BCUT2D eigenvalue weighted by molar-refractivity contribution is 9.09. The number of rotatable bonds is 1. The molecule has 1 N–H and O–H groups in total. The van der Waals surface area contributed by atoms with E-state index in [1.54, 1.807) is 0 Å². The van der Waals surface area contributed by atoms with Crippen molar-refractivity contribution in [2.24, 2.45) is 5.41 Å². The van der Waals surface area contributed by atoms with Crippen molar-refractivity contribution in [1.29, 1.82) is 0 Å². The number of halogens is 1. The molecule has 1 rings (SSSR count). The Bertz CT molecular complexity index is 156. The molecule has 0 bridgehead atoms. The van der Waals surface area contributed by atoms with E-state index in [1.165, 1.54) is 0 Å². The van der Waals surface area contributed by atoms with Gasteiger partial charge in [0.05, 0.1) is 0 Å². The standard InChI is InChI=1S/C7H12BrNO/c1-7(2)3-5(4-8)9-6(7)10/h5H,3-4H2,1-2H3,(H,9,10)/t5-/m0/s1. The molecule has 58 valence electrons. The number of carbonyl (C=O) groups is 1. The van der Waals surface area contributed by atoms with Crippen molar-refractivity contribution in [2.45, 2.75) is 26.3 Å². The SMILES string of the molecule is CC1(C)C[C@@H](CBr)NC1=O. The van der Waals surface area contributed by atoms with Gasteiger partial charge in [0.2, 0.25) is 5.91 Å². The summed E-state index contributed by atoms with van der Waals surface area (Å²) >= 11 is 3.34. The molecule has 1 aliphatic heterocycles. The minimum absolute atomic E-state index is 0.154. The van der Waals surface area contributed by atoms with E-state index in [1.807, 2.05) is 13.8 Å². The number of alkyl halides is 1. The Hall–Kier alpha value is -0.0500. The van der Waals surface area contributed by atoms with Gasteiger partial charge >= 0.3 is 0 Å². The third-order valence-electron chi connectivity index (χ3n) is 1.89. The lowest BCUT2D eigenvalue weighted by molar-refractivity contribution is -0.126. The highest BCUT2D eigenvalue weighted by atomic mass is 79.9. The summed E-state index contributed by atoms with van der Waals surface area (Å²) in [5.74, 6) is 0.178. The Morgan fingerprint density at radius 1 is 1.80 bits per heavy atom. The molecule has 1 amide bonds. The lowest BCUT2D eigenvalue weighted by atomic mass is 9.90. The molecule has 2 nitrogen and oxygen atoms in total. The Kier molecular flexibility index (Phi) is 2.04. The molecule has 0 spiro atoms. The van der Waals surface area contributed by atoms with Gasteiger partial charge in [-0.3, -0.25) is 4.79 Å². The second kappa shape index (κ2) is 2.53. The summed E-state index contributed by atoms with van der Waals surface area (Å²) in [7, 11) is 0. The van der Waals surface area contributed by atoms with E-state index in [-0.39, 0.29) is 11.3 Å². The molecule has 3 heteroatoms. The number of carbonyl (C=O) groups excluding carboxylic acids is 1. The van der Waals surface area contributed by atoms with E-state index in [9.17, 15) is 4.79 Å². The van der Waals surface area contributed by atoms with E-state index in [2.05, 4.69) is 21.2 Å². The highest BCUT2D eigenvalue weighted by Gasteiger charge is 2.37. The smallest absolute Gasteiger partial charge is 0.225 e. The van der Waals surface area contributed by atoms with E-state index in [0.29, 0.717) is 6.04 Å². The molecule has 0 aromatic heterocycles. The zero-order chi connectivity index (χ0) is 7.78. The summed E-state index contributed by atoms with van der Waals surface area (Å²) < 4.78 is 0. The Morgan fingerprint density at radius 3 is 2.60 bits per heavy atom. The van der Waals surface area contributed by atoms with Gasteiger partial charge in [-0.25, -0.2) is 0 Å². The van der Waals surface area contributed by atoms with Gasteiger partial charge in [0.1, 0.15) is 0 Å². The molecule has 10 heavy (non-hydrogen) atoms. The third kappa shape index (κ3) is 1.34. The third-order valence-corrected chi connectivity index (χ3v) is 2.67. The summed E-state index contributed by atoms with van der Waals surface area (Å²) in [6.45, 7) is 3.95. The summed E-state index contributed by atoms with van der Waals surface area (Å²) in [5.41, 5.74) is -0.154. The van der Waals surface area contributed by atoms with Crippen LogP contribution in [-0.2, 0) is 4.79 Å². The summed E-state index contributed by atoms with van der Waals surface area (Å²) in [5, 5.41) is 3.77. The van der Waals surface area contributed by atoms with Gasteiger partial charge in [0, 0.05) is 16.8 Å². The van der Waals surface area contributed by atoms with Crippen molar-refractivity contribution in [3.63, 3.8) is 0 Å². The molecule has 1 aliphatic rings. The minimum Gasteiger partial charge on any atom is -0.352 e. The molecular formula is C7H12BrNO. The Balaban J connectivity index is 2.62. The quantitative estimate of drug-likeness (QED) is 0.643. The van der Waals surface area contributed by atoms with Crippen molar-refractivity contribution in [2.75, 3.05) is 5.33 Å². The molecular weight excluding hydrogens is 194 g/mol. The Morgan fingerprint density at radius 2 is 2.40 bits per heavy atom. The molecule has 1 fully saturated rings. The van der Waals surface area contributed by atoms with Gasteiger partial charge < -0.3 is 5.32 Å². The largest absolute Gasteiger partial charge is 0.352 e. The number of hydrogen-bond acceptors (Lipinski definition) is 1. The first kappa shape index (κ1) is 8.05. The predicted molar refractivity (Wildman–Crippen MR) is 44.1 cm³/mol. The summed E-state index contributed by atoms with van der Waals surface area (Å²) in [4.78, 5) is 11.1. The van der Waals surface area contributed by atoms with Crippen LogP contribution in [0.2, 0.25) is 0 Å². The molecule has 1 heterocycles. The molecule has 0 aliphatic carbocycles. The fourth-order valence-corrected chi connectivity index (χ4v) is 1.62. The van der Waals surface area contributed by atoms with Crippen LogP contribution in [-0.4, -0.2) is 17.3 Å². The van der Waals surface area contributed by atoms with E-state index in [4.69, 9.17) is 0 Å². The number of amides is 1. The number of nitrogens with one attached hydrogen (secondary N) is 1. The van der Waals surface area contributed by atoms with Crippen LogP contribution in [0.15, 0.2) is 0 Å². The molecule has 0 saturated carbocycles. The predicted octanol–water partition coefficient (Wildman–Crippen LogP) is 1.30. The fraction of sp³-hybridized carbons (Fsp3) is 0.857. The monoisotopic (exact) mass is 205 g/mol. The van der Waals surface area contributed by atoms with Gasteiger partial charge in [-0.05, 0) is 6.42 Å². The first-order chi connectivity index (χ1) is 4.56. The number of hydrogen-bond donors (Lipinski definition) is 1. The normalized spacial score (nSPS) is 30.3. The Labute approximate surface area is 69.5 Å². The van der Waals surface area contributed by atoms with Crippen LogP contribution >= 0.6 is 15.9 Å². The van der Waals surface area contributed by atoms with Crippen LogP contribution in [0.4, 0.5) is 0 Å². The van der Waals surface area contributed by atoms with E-state index in [0.717, 1.165) is 11.8 Å². The average molecular weight is 206 g/mol. The van der Waals surface area contributed by atoms with Crippen LogP contribution in [0, 0.1) is 5.41 Å². The van der Waals surface area contributed by atoms with Crippen molar-refractivity contribution in [1.82, 2.24) is 5.32 Å². The van der Waals surface area contributed by atoms with E-state index >= 15 is 0 Å². The van der Waals surface area contributed by atoms with Crippen LogP contribution < -0.4 is 5.32 Å². The van der Waals surface area contributed by atoms with Crippen LogP contribution in [0.3, 0.4) is 0 Å². The molecule has 1 atom stereocenters. The maximum atomic E-state index is 11.1. The highest BCUT2D eigenvalue weighted by Crippen LogP contribution is 2.28. The minimum atomic E-state index is -0.154. The van der Waals surface area contributed by atoms with Gasteiger partial charge in [-0.1, -0.05) is 29.8 Å². The van der Waals surface area contributed by atoms with Gasteiger partial charge in [-0.15, -0.1) is 0 Å². The lowest BCUT2D eigenvalue weighted by Crippen LogP contribution is -2.29. The van der Waals surface area contributed by atoms with Crippen LogP contribution in [0.5, 0.6) is 0 Å². The van der Waals surface area contributed by atoms with Gasteiger partial charge in [0.15, 0.2) is 0 Å². The summed E-state index contributed by atoms with van der Waals surface area (Å²) in [6, 6.07) is 0.336. The topological polar surface area (TPSA) is 29.1 Å².